The Balaban J connectivity index is 1.87. The Labute approximate surface area is 118 Å². The van der Waals surface area contributed by atoms with Crippen LogP contribution in [0, 0.1) is 13.8 Å². The molecule has 0 atom stereocenters. The van der Waals surface area contributed by atoms with Gasteiger partial charge in [-0.2, -0.15) is 0 Å². The zero-order valence-electron chi connectivity index (χ0n) is 11.3. The first-order valence-electron chi connectivity index (χ1n) is 6.49. The van der Waals surface area contributed by atoms with Crippen LogP contribution in [0.3, 0.4) is 0 Å². The van der Waals surface area contributed by atoms with E-state index in [4.69, 9.17) is 0 Å². The Morgan fingerprint density at radius 3 is 2.26 bits per heavy atom. The van der Waals surface area contributed by atoms with E-state index in [2.05, 4.69) is 72.3 Å². The molecule has 0 fully saturated rings. The molecule has 0 spiro atoms. The van der Waals surface area contributed by atoms with Crippen LogP contribution in [0.2, 0.25) is 0 Å². The van der Waals surface area contributed by atoms with Gasteiger partial charge in [0.25, 0.3) is 0 Å². The van der Waals surface area contributed by atoms with Crippen molar-refractivity contribution in [2.45, 2.75) is 20.4 Å². The summed E-state index contributed by atoms with van der Waals surface area (Å²) in [5, 5.41) is 2.25. The number of thiophene rings is 1. The van der Waals surface area contributed by atoms with Gasteiger partial charge < -0.3 is 4.57 Å². The van der Waals surface area contributed by atoms with Gasteiger partial charge in [0.15, 0.2) is 0 Å². The summed E-state index contributed by atoms with van der Waals surface area (Å²) in [6.45, 7) is 5.31. The van der Waals surface area contributed by atoms with Crippen LogP contribution in [0.4, 0.5) is 0 Å². The van der Waals surface area contributed by atoms with Crippen molar-refractivity contribution in [1.29, 1.82) is 0 Å². The third-order valence-corrected chi connectivity index (χ3v) is 4.41. The maximum Gasteiger partial charge on any atom is 0.0568 e. The number of aromatic nitrogens is 1. The second-order valence-electron chi connectivity index (χ2n) is 4.87. The van der Waals surface area contributed by atoms with Gasteiger partial charge in [0.1, 0.15) is 0 Å². The molecule has 0 aliphatic rings. The summed E-state index contributed by atoms with van der Waals surface area (Å²) >= 11 is 1.84. The van der Waals surface area contributed by atoms with Crippen LogP contribution < -0.4 is 0 Å². The number of benzene rings is 1. The van der Waals surface area contributed by atoms with Gasteiger partial charge >= 0.3 is 0 Å². The molecule has 0 bridgehead atoms. The Bertz CT molecular complexity index is 657. The quantitative estimate of drug-likeness (QED) is 0.637. The van der Waals surface area contributed by atoms with Crippen molar-refractivity contribution in [3.8, 4) is 11.1 Å². The molecule has 19 heavy (non-hydrogen) atoms. The molecule has 1 aromatic carbocycles. The third kappa shape index (κ3) is 2.49. The van der Waals surface area contributed by atoms with Gasteiger partial charge in [0, 0.05) is 16.3 Å². The molecule has 0 amide bonds. The number of aryl methyl sites for hydroxylation is 2. The molecule has 2 heteroatoms. The molecule has 0 aliphatic carbocycles. The standard InChI is InChI=1S/C17H17NS/c1-13-8-9-14(2)18(13)11-17-10-16(12-19-17)15-6-4-3-5-7-15/h3-10,12H,11H2,1-2H3. The fraction of sp³-hybridized carbons (Fsp3) is 0.176. The number of hydrogen-bond donors (Lipinski definition) is 0. The summed E-state index contributed by atoms with van der Waals surface area (Å²) in [4.78, 5) is 1.40. The fourth-order valence-corrected chi connectivity index (χ4v) is 3.23. The van der Waals surface area contributed by atoms with Gasteiger partial charge in [-0.3, -0.25) is 0 Å². The van der Waals surface area contributed by atoms with E-state index >= 15 is 0 Å². The van der Waals surface area contributed by atoms with Crippen molar-refractivity contribution in [3.63, 3.8) is 0 Å². The van der Waals surface area contributed by atoms with Crippen LogP contribution in [0.25, 0.3) is 11.1 Å². The topological polar surface area (TPSA) is 4.93 Å². The lowest BCUT2D eigenvalue weighted by Gasteiger charge is -2.07. The molecule has 0 unspecified atom stereocenters. The van der Waals surface area contributed by atoms with Gasteiger partial charge in [0.2, 0.25) is 0 Å². The first-order valence-corrected chi connectivity index (χ1v) is 7.37. The molecule has 3 rings (SSSR count). The summed E-state index contributed by atoms with van der Waals surface area (Å²) in [7, 11) is 0. The molecular formula is C17H17NS. The molecule has 0 N–H and O–H groups in total. The average Bonchev–Trinajstić information content (AvgIpc) is 3.02. The molecule has 1 nitrogen and oxygen atoms in total. The second kappa shape index (κ2) is 5.06. The largest absolute Gasteiger partial charge is 0.344 e. The van der Waals surface area contributed by atoms with Crippen molar-refractivity contribution >= 4 is 11.3 Å². The van der Waals surface area contributed by atoms with Crippen LogP contribution in [0.1, 0.15) is 16.3 Å². The van der Waals surface area contributed by atoms with Gasteiger partial charge in [-0.1, -0.05) is 30.3 Å². The fourth-order valence-electron chi connectivity index (χ4n) is 2.35. The minimum atomic E-state index is 0.974. The van der Waals surface area contributed by atoms with Crippen LogP contribution in [0.15, 0.2) is 53.9 Å². The lowest BCUT2D eigenvalue weighted by Crippen LogP contribution is -2.01. The monoisotopic (exact) mass is 267 g/mol. The van der Waals surface area contributed by atoms with Crippen LogP contribution in [-0.4, -0.2) is 4.57 Å². The average molecular weight is 267 g/mol. The van der Waals surface area contributed by atoms with Crippen molar-refractivity contribution in [2.24, 2.45) is 0 Å². The molecule has 0 saturated heterocycles. The lowest BCUT2D eigenvalue weighted by molar-refractivity contribution is 0.759. The molecule has 2 aromatic heterocycles. The van der Waals surface area contributed by atoms with Gasteiger partial charge in [0.05, 0.1) is 6.54 Å². The molecule has 96 valence electrons. The molecule has 3 aromatic rings. The van der Waals surface area contributed by atoms with Crippen LogP contribution in [0.5, 0.6) is 0 Å². The summed E-state index contributed by atoms with van der Waals surface area (Å²) in [6.07, 6.45) is 0. The van der Waals surface area contributed by atoms with Crippen molar-refractivity contribution < 1.29 is 0 Å². The highest BCUT2D eigenvalue weighted by molar-refractivity contribution is 7.10. The minimum Gasteiger partial charge on any atom is -0.344 e. The van der Waals surface area contributed by atoms with Gasteiger partial charge in [-0.05, 0) is 48.6 Å². The van der Waals surface area contributed by atoms with E-state index in [1.54, 1.807) is 0 Å². The van der Waals surface area contributed by atoms with E-state index in [0.717, 1.165) is 6.54 Å². The summed E-state index contributed by atoms with van der Waals surface area (Å²) in [5.41, 5.74) is 5.27. The molecule has 0 saturated carbocycles. The highest BCUT2D eigenvalue weighted by Gasteiger charge is 2.05. The summed E-state index contributed by atoms with van der Waals surface area (Å²) in [6, 6.07) is 17.2. The predicted molar refractivity (Wildman–Crippen MR) is 82.8 cm³/mol. The first kappa shape index (κ1) is 12.2. The van der Waals surface area contributed by atoms with Crippen molar-refractivity contribution in [3.05, 3.63) is 70.2 Å². The molecule has 2 heterocycles. The Kier molecular flexibility index (Phi) is 3.26. The number of hydrogen-bond acceptors (Lipinski definition) is 1. The third-order valence-electron chi connectivity index (χ3n) is 3.49. The highest BCUT2D eigenvalue weighted by Crippen LogP contribution is 2.26. The van der Waals surface area contributed by atoms with Gasteiger partial charge in [-0.25, -0.2) is 0 Å². The number of nitrogens with zero attached hydrogens (tertiary/aromatic N) is 1. The maximum absolute atomic E-state index is 2.36. The Morgan fingerprint density at radius 1 is 0.895 bits per heavy atom. The Hall–Kier alpha value is -1.80. The first-order chi connectivity index (χ1) is 9.24. The van der Waals surface area contributed by atoms with E-state index in [1.165, 1.54) is 27.4 Å². The van der Waals surface area contributed by atoms with E-state index < -0.39 is 0 Å². The lowest BCUT2D eigenvalue weighted by atomic mass is 10.1. The summed E-state index contributed by atoms with van der Waals surface area (Å²) < 4.78 is 2.36. The summed E-state index contributed by atoms with van der Waals surface area (Å²) in [5.74, 6) is 0. The van der Waals surface area contributed by atoms with E-state index in [1.807, 2.05) is 11.3 Å². The van der Waals surface area contributed by atoms with Crippen LogP contribution in [-0.2, 0) is 6.54 Å². The minimum absolute atomic E-state index is 0.974. The predicted octanol–water partition coefficient (Wildman–Crippen LogP) is 4.88. The number of rotatable bonds is 3. The van der Waals surface area contributed by atoms with Gasteiger partial charge in [-0.15, -0.1) is 11.3 Å². The molecular weight excluding hydrogens is 250 g/mol. The SMILES string of the molecule is Cc1ccc(C)n1Cc1cc(-c2ccccc2)cs1. The smallest absolute Gasteiger partial charge is 0.0568 e. The second-order valence-corrected chi connectivity index (χ2v) is 5.87. The van der Waals surface area contributed by atoms with E-state index in [-0.39, 0.29) is 0 Å². The molecule has 0 aliphatic heterocycles. The van der Waals surface area contributed by atoms with Crippen molar-refractivity contribution in [2.75, 3.05) is 0 Å². The highest BCUT2D eigenvalue weighted by atomic mass is 32.1. The maximum atomic E-state index is 2.36. The van der Waals surface area contributed by atoms with E-state index in [0.29, 0.717) is 0 Å². The normalized spacial score (nSPS) is 10.8. The Morgan fingerprint density at radius 2 is 1.58 bits per heavy atom. The van der Waals surface area contributed by atoms with Crippen molar-refractivity contribution in [1.82, 2.24) is 4.57 Å². The zero-order valence-corrected chi connectivity index (χ0v) is 12.1. The molecule has 0 radical (unpaired) electrons. The van der Waals surface area contributed by atoms with Crippen LogP contribution >= 0.6 is 11.3 Å². The van der Waals surface area contributed by atoms with E-state index in [9.17, 15) is 0 Å². The zero-order chi connectivity index (χ0) is 13.2.